The van der Waals surface area contributed by atoms with Gasteiger partial charge in [0.25, 0.3) is 5.69 Å². The summed E-state index contributed by atoms with van der Waals surface area (Å²) in [7, 11) is 0. The van der Waals surface area contributed by atoms with E-state index in [2.05, 4.69) is 11.8 Å². The third-order valence-electron chi connectivity index (χ3n) is 4.65. The lowest BCUT2D eigenvalue weighted by atomic mass is 9.97. The first kappa shape index (κ1) is 17.4. The molecule has 0 amide bonds. The smallest absolute Gasteiger partial charge is 0.270 e. The first-order valence-electron chi connectivity index (χ1n) is 8.32. The Morgan fingerprint density at radius 3 is 2.56 bits per heavy atom. The van der Waals surface area contributed by atoms with Gasteiger partial charge in [-0.05, 0) is 56.5 Å². The van der Waals surface area contributed by atoms with Crippen LogP contribution in [0.2, 0.25) is 5.02 Å². The van der Waals surface area contributed by atoms with E-state index in [1.165, 1.54) is 12.1 Å². The number of nitro groups is 1. The zero-order chi connectivity index (χ0) is 18.0. The van der Waals surface area contributed by atoms with Gasteiger partial charge in [-0.1, -0.05) is 11.6 Å². The van der Waals surface area contributed by atoms with Crippen LogP contribution in [0.15, 0.2) is 42.5 Å². The van der Waals surface area contributed by atoms with Crippen LogP contribution in [0.3, 0.4) is 0 Å². The number of non-ortho nitro benzene ring substituents is 1. The Labute approximate surface area is 151 Å². The van der Waals surface area contributed by atoms with Crippen molar-refractivity contribution in [3.8, 4) is 0 Å². The highest BCUT2D eigenvalue weighted by Crippen LogP contribution is 2.32. The van der Waals surface area contributed by atoms with Gasteiger partial charge in [0.2, 0.25) is 0 Å². The van der Waals surface area contributed by atoms with Gasteiger partial charge in [-0.15, -0.1) is 0 Å². The molecule has 0 aromatic heterocycles. The highest BCUT2D eigenvalue weighted by atomic mass is 35.5. The van der Waals surface area contributed by atoms with E-state index in [4.69, 9.17) is 11.6 Å². The number of nitrogens with zero attached hydrogens (tertiary/aromatic N) is 2. The van der Waals surface area contributed by atoms with Gasteiger partial charge >= 0.3 is 0 Å². The molecular formula is C19H19ClN2O3. The van der Waals surface area contributed by atoms with Crippen LogP contribution in [-0.4, -0.2) is 23.3 Å². The number of carbonyl (C=O) groups excluding carboxylic acids is 1. The monoisotopic (exact) mass is 358 g/mol. The minimum Gasteiger partial charge on any atom is -0.368 e. The average molecular weight is 359 g/mol. The number of piperidine rings is 1. The quantitative estimate of drug-likeness (QED) is 0.445. The summed E-state index contributed by atoms with van der Waals surface area (Å²) in [5.74, 6) is -0.229. The van der Waals surface area contributed by atoms with Crippen LogP contribution >= 0.6 is 11.6 Å². The minimum atomic E-state index is -0.470. The van der Waals surface area contributed by atoms with Crippen molar-refractivity contribution in [2.75, 3.05) is 11.4 Å². The summed E-state index contributed by atoms with van der Waals surface area (Å²) in [5, 5.41) is 11.7. The number of halogens is 1. The zero-order valence-electron chi connectivity index (χ0n) is 13.9. The van der Waals surface area contributed by atoms with Gasteiger partial charge < -0.3 is 4.90 Å². The van der Waals surface area contributed by atoms with E-state index in [-0.39, 0.29) is 11.5 Å². The zero-order valence-corrected chi connectivity index (χ0v) is 14.7. The van der Waals surface area contributed by atoms with E-state index in [0.717, 1.165) is 31.5 Å². The maximum atomic E-state index is 13.0. The number of hydrogen-bond acceptors (Lipinski definition) is 4. The molecular weight excluding hydrogens is 340 g/mol. The molecule has 1 heterocycles. The molecule has 1 atom stereocenters. The fourth-order valence-electron chi connectivity index (χ4n) is 3.28. The third-order valence-corrected chi connectivity index (χ3v) is 4.91. The van der Waals surface area contributed by atoms with Gasteiger partial charge in [0.1, 0.15) is 0 Å². The summed E-state index contributed by atoms with van der Waals surface area (Å²) in [6, 6.07) is 11.4. The Bertz CT molecular complexity index is 805. The van der Waals surface area contributed by atoms with E-state index < -0.39 is 4.92 Å². The molecule has 5 nitrogen and oxygen atoms in total. The van der Waals surface area contributed by atoms with Crippen LogP contribution < -0.4 is 4.90 Å². The molecule has 1 saturated heterocycles. The lowest BCUT2D eigenvalue weighted by Crippen LogP contribution is -2.38. The van der Waals surface area contributed by atoms with Gasteiger partial charge in [0.05, 0.1) is 10.5 Å². The number of benzene rings is 2. The van der Waals surface area contributed by atoms with E-state index >= 15 is 0 Å². The van der Waals surface area contributed by atoms with Gasteiger partial charge in [-0.2, -0.15) is 0 Å². The van der Waals surface area contributed by atoms with Crippen LogP contribution in [0, 0.1) is 10.1 Å². The van der Waals surface area contributed by atoms with Crippen molar-refractivity contribution in [2.24, 2.45) is 0 Å². The number of carbonyl (C=O) groups is 1. The first-order chi connectivity index (χ1) is 12.0. The molecule has 1 fully saturated rings. The summed E-state index contributed by atoms with van der Waals surface area (Å²) >= 11 is 5.89. The molecule has 130 valence electrons. The van der Waals surface area contributed by atoms with Crippen LogP contribution in [0.1, 0.15) is 42.1 Å². The fraction of sp³-hybridized carbons (Fsp3) is 0.316. The van der Waals surface area contributed by atoms with Crippen LogP contribution in [-0.2, 0) is 0 Å². The van der Waals surface area contributed by atoms with Gasteiger partial charge in [-0.25, -0.2) is 0 Å². The molecule has 3 rings (SSSR count). The predicted molar refractivity (Wildman–Crippen MR) is 98.6 cm³/mol. The molecule has 0 spiro atoms. The number of hydrogen-bond donors (Lipinski definition) is 0. The molecule has 2 aromatic rings. The molecule has 6 heteroatoms. The lowest BCUT2D eigenvalue weighted by Gasteiger charge is -2.36. The van der Waals surface area contributed by atoms with E-state index in [9.17, 15) is 14.9 Å². The first-order valence-corrected chi connectivity index (χ1v) is 8.70. The summed E-state index contributed by atoms with van der Waals surface area (Å²) < 4.78 is 0. The van der Waals surface area contributed by atoms with Crippen LogP contribution in [0.25, 0.3) is 0 Å². The molecule has 2 aromatic carbocycles. The van der Waals surface area contributed by atoms with Crippen molar-refractivity contribution in [2.45, 2.75) is 32.2 Å². The van der Waals surface area contributed by atoms with Crippen molar-refractivity contribution >= 4 is 28.8 Å². The Kier molecular flexibility index (Phi) is 5.04. The highest BCUT2D eigenvalue weighted by Gasteiger charge is 2.25. The molecule has 1 aliphatic rings. The fourth-order valence-corrected chi connectivity index (χ4v) is 3.41. The van der Waals surface area contributed by atoms with Gasteiger partial charge in [0, 0.05) is 41.0 Å². The molecule has 0 N–H and O–H groups in total. The van der Waals surface area contributed by atoms with Crippen molar-refractivity contribution in [3.05, 3.63) is 68.7 Å². The second-order valence-corrected chi connectivity index (χ2v) is 6.77. The van der Waals surface area contributed by atoms with Crippen molar-refractivity contribution in [3.63, 3.8) is 0 Å². The van der Waals surface area contributed by atoms with E-state index in [1.54, 1.807) is 30.3 Å². The summed E-state index contributed by atoms with van der Waals surface area (Å²) in [6.45, 7) is 2.97. The second-order valence-electron chi connectivity index (χ2n) is 6.33. The average Bonchev–Trinajstić information content (AvgIpc) is 2.62. The predicted octanol–water partition coefficient (Wildman–Crippen LogP) is 4.86. The molecule has 0 radical (unpaired) electrons. The maximum absolute atomic E-state index is 13.0. The minimum absolute atomic E-state index is 0.0780. The van der Waals surface area contributed by atoms with E-state index in [1.807, 2.05) is 0 Å². The normalized spacial score (nSPS) is 17.4. The molecule has 0 aliphatic carbocycles. The summed E-state index contributed by atoms with van der Waals surface area (Å²) in [6.07, 6.45) is 3.26. The number of nitro benzene ring substituents is 1. The topological polar surface area (TPSA) is 63.4 Å². The second kappa shape index (κ2) is 7.23. The Hall–Kier alpha value is -2.40. The Morgan fingerprint density at radius 2 is 1.92 bits per heavy atom. The molecule has 0 bridgehead atoms. The van der Waals surface area contributed by atoms with E-state index in [0.29, 0.717) is 22.2 Å². The SMILES string of the molecule is CC1CCCCN1c1ccc([N+](=O)[O-])cc1C(=O)c1ccc(Cl)cc1. The molecule has 25 heavy (non-hydrogen) atoms. The Balaban J connectivity index is 2.07. The van der Waals surface area contributed by atoms with Gasteiger partial charge in [0.15, 0.2) is 5.78 Å². The Morgan fingerprint density at radius 1 is 1.20 bits per heavy atom. The third kappa shape index (κ3) is 3.66. The lowest BCUT2D eigenvalue weighted by molar-refractivity contribution is -0.384. The highest BCUT2D eigenvalue weighted by molar-refractivity contribution is 6.30. The summed E-state index contributed by atoms with van der Waals surface area (Å²) in [4.78, 5) is 25.9. The van der Waals surface area contributed by atoms with Gasteiger partial charge in [-0.3, -0.25) is 14.9 Å². The van der Waals surface area contributed by atoms with Crippen molar-refractivity contribution in [1.29, 1.82) is 0 Å². The van der Waals surface area contributed by atoms with Crippen LogP contribution in [0.4, 0.5) is 11.4 Å². The number of rotatable bonds is 4. The van der Waals surface area contributed by atoms with Crippen LogP contribution in [0.5, 0.6) is 0 Å². The molecule has 1 unspecified atom stereocenters. The largest absolute Gasteiger partial charge is 0.368 e. The molecule has 1 aliphatic heterocycles. The number of ketones is 1. The summed E-state index contributed by atoms with van der Waals surface area (Å²) in [5.41, 5.74) is 1.52. The number of anilines is 1. The standard InChI is InChI=1S/C19H19ClN2O3/c1-13-4-2-3-11-21(13)18-10-9-16(22(24)25)12-17(18)19(23)14-5-7-15(20)8-6-14/h5-10,12-13H,2-4,11H2,1H3. The van der Waals surface area contributed by atoms with Crippen molar-refractivity contribution in [1.82, 2.24) is 0 Å². The van der Waals surface area contributed by atoms with Crippen molar-refractivity contribution < 1.29 is 9.72 Å². The molecule has 0 saturated carbocycles. The maximum Gasteiger partial charge on any atom is 0.270 e.